The van der Waals surface area contributed by atoms with E-state index in [-0.39, 0.29) is 12.0 Å². The first-order valence-electron chi connectivity index (χ1n) is 4.14. The van der Waals surface area contributed by atoms with Gasteiger partial charge < -0.3 is 10.5 Å². The van der Waals surface area contributed by atoms with Gasteiger partial charge in [0.1, 0.15) is 6.04 Å². The number of hydrogen-bond acceptors (Lipinski definition) is 5. The van der Waals surface area contributed by atoms with Crippen molar-refractivity contribution in [3.8, 4) is 0 Å². The topological polar surface area (TPSA) is 55.6 Å². The zero-order valence-corrected chi connectivity index (χ0v) is 9.26. The third-order valence-electron chi connectivity index (χ3n) is 1.88. The SMILES string of the molecule is COC(=O)C(CN)N(C)CCSC. The van der Waals surface area contributed by atoms with E-state index in [4.69, 9.17) is 5.73 Å². The number of rotatable bonds is 6. The molecule has 0 aliphatic rings. The van der Waals surface area contributed by atoms with Gasteiger partial charge >= 0.3 is 5.97 Å². The molecular formula is C8H18N2O2S. The van der Waals surface area contributed by atoms with Crippen molar-refractivity contribution >= 4 is 17.7 Å². The first-order valence-corrected chi connectivity index (χ1v) is 5.53. The summed E-state index contributed by atoms with van der Waals surface area (Å²) in [5.74, 6) is 0.732. The van der Waals surface area contributed by atoms with E-state index in [0.717, 1.165) is 12.3 Å². The Morgan fingerprint density at radius 1 is 1.69 bits per heavy atom. The first kappa shape index (κ1) is 12.7. The fourth-order valence-electron chi connectivity index (χ4n) is 0.983. The summed E-state index contributed by atoms with van der Waals surface area (Å²) in [6, 6.07) is -0.308. The molecule has 0 aliphatic heterocycles. The van der Waals surface area contributed by atoms with Crippen LogP contribution in [0.15, 0.2) is 0 Å². The predicted molar refractivity (Wildman–Crippen MR) is 55.9 cm³/mol. The molecular weight excluding hydrogens is 188 g/mol. The molecule has 0 bridgehead atoms. The van der Waals surface area contributed by atoms with Crippen LogP contribution in [0.2, 0.25) is 0 Å². The molecule has 13 heavy (non-hydrogen) atoms. The molecule has 0 spiro atoms. The van der Waals surface area contributed by atoms with Crippen LogP contribution in [0.1, 0.15) is 0 Å². The number of ether oxygens (including phenoxy) is 1. The van der Waals surface area contributed by atoms with E-state index in [1.54, 1.807) is 11.8 Å². The molecule has 4 nitrogen and oxygen atoms in total. The fourth-order valence-corrected chi connectivity index (χ4v) is 1.45. The predicted octanol–water partition coefficient (Wildman–Crippen LogP) is -0.218. The summed E-state index contributed by atoms with van der Waals surface area (Å²) in [7, 11) is 3.26. The Morgan fingerprint density at radius 3 is 2.69 bits per heavy atom. The van der Waals surface area contributed by atoms with Crippen molar-refractivity contribution in [3.05, 3.63) is 0 Å². The van der Waals surface area contributed by atoms with Crippen LogP contribution in [0.5, 0.6) is 0 Å². The summed E-state index contributed by atoms with van der Waals surface area (Å²) in [4.78, 5) is 13.1. The van der Waals surface area contributed by atoms with Crippen LogP contribution in [0.4, 0.5) is 0 Å². The van der Waals surface area contributed by atoms with E-state index in [9.17, 15) is 4.79 Å². The second-order valence-corrected chi connectivity index (χ2v) is 3.73. The molecule has 0 aromatic carbocycles. The maximum atomic E-state index is 11.2. The molecule has 0 radical (unpaired) electrons. The molecule has 0 aromatic heterocycles. The van der Waals surface area contributed by atoms with Gasteiger partial charge in [0, 0.05) is 18.8 Å². The van der Waals surface area contributed by atoms with Gasteiger partial charge in [0.05, 0.1) is 7.11 Å². The monoisotopic (exact) mass is 206 g/mol. The fraction of sp³-hybridized carbons (Fsp3) is 0.875. The van der Waals surface area contributed by atoms with Crippen molar-refractivity contribution in [2.75, 3.05) is 39.3 Å². The summed E-state index contributed by atoms with van der Waals surface area (Å²) >= 11 is 1.74. The molecule has 0 amide bonds. The van der Waals surface area contributed by atoms with Crippen LogP contribution >= 0.6 is 11.8 Å². The third kappa shape index (κ3) is 4.50. The second-order valence-electron chi connectivity index (χ2n) is 2.75. The zero-order chi connectivity index (χ0) is 10.3. The highest BCUT2D eigenvalue weighted by Gasteiger charge is 2.21. The Morgan fingerprint density at radius 2 is 2.31 bits per heavy atom. The van der Waals surface area contributed by atoms with Crippen molar-refractivity contribution in [2.24, 2.45) is 5.73 Å². The number of hydrogen-bond donors (Lipinski definition) is 1. The lowest BCUT2D eigenvalue weighted by molar-refractivity contribution is -0.145. The van der Waals surface area contributed by atoms with Crippen molar-refractivity contribution in [1.29, 1.82) is 0 Å². The summed E-state index contributed by atoms with van der Waals surface area (Å²) < 4.78 is 4.64. The first-order chi connectivity index (χ1) is 6.17. The van der Waals surface area contributed by atoms with Gasteiger partial charge in [0.2, 0.25) is 0 Å². The quantitative estimate of drug-likeness (QED) is 0.609. The molecule has 5 heteroatoms. The average molecular weight is 206 g/mol. The van der Waals surface area contributed by atoms with E-state index < -0.39 is 0 Å². The van der Waals surface area contributed by atoms with Crippen molar-refractivity contribution in [2.45, 2.75) is 6.04 Å². The molecule has 0 fully saturated rings. The third-order valence-corrected chi connectivity index (χ3v) is 2.47. The van der Waals surface area contributed by atoms with Crippen LogP contribution < -0.4 is 5.73 Å². The van der Waals surface area contributed by atoms with E-state index in [0.29, 0.717) is 6.54 Å². The molecule has 0 rings (SSSR count). The van der Waals surface area contributed by atoms with Gasteiger partial charge in [-0.3, -0.25) is 9.69 Å². The number of carbonyl (C=O) groups is 1. The summed E-state index contributed by atoms with van der Waals surface area (Å²) in [6.45, 7) is 1.15. The minimum atomic E-state index is -0.308. The van der Waals surface area contributed by atoms with E-state index in [1.165, 1.54) is 7.11 Å². The highest BCUT2D eigenvalue weighted by atomic mass is 32.2. The molecule has 0 aliphatic carbocycles. The molecule has 0 heterocycles. The lowest BCUT2D eigenvalue weighted by Crippen LogP contribution is -2.45. The Balaban J connectivity index is 3.98. The number of nitrogens with zero attached hydrogens (tertiary/aromatic N) is 1. The van der Waals surface area contributed by atoms with Crippen LogP contribution in [0, 0.1) is 0 Å². The largest absolute Gasteiger partial charge is 0.468 e. The van der Waals surface area contributed by atoms with Gasteiger partial charge in [-0.15, -0.1) is 0 Å². The molecule has 1 atom stereocenters. The van der Waals surface area contributed by atoms with Gasteiger partial charge in [0.15, 0.2) is 0 Å². The smallest absolute Gasteiger partial charge is 0.324 e. The highest BCUT2D eigenvalue weighted by Crippen LogP contribution is 2.00. The van der Waals surface area contributed by atoms with E-state index in [1.807, 2.05) is 18.2 Å². The Bertz CT molecular complexity index is 155. The summed E-state index contributed by atoms with van der Waals surface area (Å²) in [5, 5.41) is 0. The van der Waals surface area contributed by atoms with Gasteiger partial charge in [0.25, 0.3) is 0 Å². The van der Waals surface area contributed by atoms with Gasteiger partial charge in [-0.25, -0.2) is 0 Å². The number of methoxy groups -OCH3 is 1. The zero-order valence-electron chi connectivity index (χ0n) is 8.45. The summed E-state index contributed by atoms with van der Waals surface area (Å²) in [5.41, 5.74) is 5.47. The Labute approximate surface area is 83.8 Å². The van der Waals surface area contributed by atoms with Crippen LogP contribution in [-0.2, 0) is 9.53 Å². The number of esters is 1. The number of thioether (sulfide) groups is 1. The lowest BCUT2D eigenvalue weighted by Gasteiger charge is -2.23. The second kappa shape index (κ2) is 7.17. The average Bonchev–Trinajstić information content (AvgIpc) is 2.15. The molecule has 0 saturated heterocycles. The normalized spacial score (nSPS) is 13.0. The molecule has 0 saturated carbocycles. The van der Waals surface area contributed by atoms with Gasteiger partial charge in [-0.05, 0) is 13.3 Å². The Kier molecular flexibility index (Phi) is 7.03. The van der Waals surface area contributed by atoms with Gasteiger partial charge in [-0.2, -0.15) is 11.8 Å². The number of carbonyl (C=O) groups excluding carboxylic acids is 1. The molecule has 2 N–H and O–H groups in total. The van der Waals surface area contributed by atoms with Crippen LogP contribution in [-0.4, -0.2) is 56.2 Å². The maximum Gasteiger partial charge on any atom is 0.324 e. The highest BCUT2D eigenvalue weighted by molar-refractivity contribution is 7.98. The summed E-state index contributed by atoms with van der Waals surface area (Å²) in [6.07, 6.45) is 2.03. The Hall–Kier alpha value is -0.260. The van der Waals surface area contributed by atoms with E-state index >= 15 is 0 Å². The molecule has 1 unspecified atom stereocenters. The number of likely N-dealkylation sites (N-methyl/N-ethyl adjacent to an activating group) is 1. The minimum Gasteiger partial charge on any atom is -0.468 e. The standard InChI is InChI=1S/C8H18N2O2S/c1-10(4-5-13-3)7(6-9)8(11)12-2/h7H,4-6,9H2,1-3H3. The van der Waals surface area contributed by atoms with Gasteiger partial charge in [-0.1, -0.05) is 0 Å². The van der Waals surface area contributed by atoms with Crippen molar-refractivity contribution < 1.29 is 9.53 Å². The van der Waals surface area contributed by atoms with Crippen LogP contribution in [0.3, 0.4) is 0 Å². The maximum absolute atomic E-state index is 11.2. The van der Waals surface area contributed by atoms with E-state index in [2.05, 4.69) is 4.74 Å². The lowest BCUT2D eigenvalue weighted by atomic mass is 10.2. The van der Waals surface area contributed by atoms with Crippen molar-refractivity contribution in [1.82, 2.24) is 4.90 Å². The van der Waals surface area contributed by atoms with Crippen LogP contribution in [0.25, 0.3) is 0 Å². The minimum absolute atomic E-state index is 0.258. The molecule has 0 aromatic rings. The molecule has 78 valence electrons. The van der Waals surface area contributed by atoms with Crippen molar-refractivity contribution in [3.63, 3.8) is 0 Å². The number of nitrogens with two attached hydrogens (primary N) is 1.